The predicted octanol–water partition coefficient (Wildman–Crippen LogP) is 4.30. The molecule has 10 heteroatoms. The second-order valence-corrected chi connectivity index (χ2v) is 9.67. The van der Waals surface area contributed by atoms with Gasteiger partial charge in [0.1, 0.15) is 11.8 Å². The first-order chi connectivity index (χ1) is 16.1. The minimum Gasteiger partial charge on any atom is -0.506 e. The summed E-state index contributed by atoms with van der Waals surface area (Å²) in [5.41, 5.74) is 1.52. The molecule has 4 N–H and O–H groups in total. The van der Waals surface area contributed by atoms with Crippen molar-refractivity contribution < 1.29 is 23.1 Å². The highest BCUT2D eigenvalue weighted by atomic mass is 35.5. The molecule has 0 radical (unpaired) electrons. The molecule has 178 valence electrons. The second-order valence-electron chi connectivity index (χ2n) is 7.55. The first-order valence-electron chi connectivity index (χ1n) is 10.4. The summed E-state index contributed by atoms with van der Waals surface area (Å²) < 4.78 is 27.5. The highest BCUT2D eigenvalue weighted by Gasteiger charge is 2.25. The van der Waals surface area contributed by atoms with Gasteiger partial charge in [0.2, 0.25) is 15.9 Å². The maximum atomic E-state index is 12.7. The summed E-state index contributed by atoms with van der Waals surface area (Å²) in [6.07, 6.45) is 0.173. The van der Waals surface area contributed by atoms with E-state index in [9.17, 15) is 23.1 Å². The van der Waals surface area contributed by atoms with Crippen LogP contribution in [0.3, 0.4) is 0 Å². The van der Waals surface area contributed by atoms with Crippen molar-refractivity contribution >= 4 is 44.8 Å². The van der Waals surface area contributed by atoms with Crippen molar-refractivity contribution in [3.63, 3.8) is 0 Å². The van der Waals surface area contributed by atoms with Crippen LogP contribution in [0.25, 0.3) is 0 Å². The summed E-state index contributed by atoms with van der Waals surface area (Å²) in [6, 6.07) is 16.0. The molecule has 1 atom stereocenters. The molecule has 0 aliphatic rings. The Hall–Kier alpha value is -3.40. The summed E-state index contributed by atoms with van der Waals surface area (Å²) in [4.78, 5) is 25.2. The molecule has 3 aromatic carbocycles. The molecule has 2 amide bonds. The van der Waals surface area contributed by atoms with Gasteiger partial charge in [0.15, 0.2) is 0 Å². The van der Waals surface area contributed by atoms with Gasteiger partial charge in [0.25, 0.3) is 5.91 Å². The number of aromatic hydroxyl groups is 1. The van der Waals surface area contributed by atoms with E-state index in [2.05, 4.69) is 15.4 Å². The van der Waals surface area contributed by atoms with Gasteiger partial charge in [-0.25, -0.2) is 8.42 Å². The summed E-state index contributed by atoms with van der Waals surface area (Å²) in [5, 5.41) is 15.5. The van der Waals surface area contributed by atoms with E-state index in [0.29, 0.717) is 5.56 Å². The molecule has 3 rings (SSSR count). The summed E-state index contributed by atoms with van der Waals surface area (Å²) in [7, 11) is -3.92. The third-order valence-electron chi connectivity index (χ3n) is 4.98. The van der Waals surface area contributed by atoms with Gasteiger partial charge in [0.05, 0.1) is 21.3 Å². The Bertz CT molecular complexity index is 1300. The fourth-order valence-electron chi connectivity index (χ4n) is 3.05. The zero-order valence-corrected chi connectivity index (χ0v) is 20.1. The number of carbonyl (C=O) groups is 2. The molecule has 3 aromatic rings. The Balaban J connectivity index is 1.73. The number of aryl methyl sites for hydroxylation is 1. The lowest BCUT2D eigenvalue weighted by Gasteiger charge is -2.18. The largest absolute Gasteiger partial charge is 0.506 e. The summed E-state index contributed by atoms with van der Waals surface area (Å²) in [6.45, 7) is 3.55. The van der Waals surface area contributed by atoms with Crippen LogP contribution >= 0.6 is 11.6 Å². The van der Waals surface area contributed by atoms with E-state index in [1.54, 1.807) is 49.4 Å². The monoisotopic (exact) mass is 501 g/mol. The van der Waals surface area contributed by atoms with Crippen LogP contribution in [0.1, 0.15) is 29.3 Å². The van der Waals surface area contributed by atoms with E-state index in [1.807, 2.05) is 6.92 Å². The summed E-state index contributed by atoms with van der Waals surface area (Å²) >= 11 is 6.26. The first-order valence-corrected chi connectivity index (χ1v) is 12.3. The van der Waals surface area contributed by atoms with E-state index in [-0.39, 0.29) is 33.5 Å². The highest BCUT2D eigenvalue weighted by molar-refractivity contribution is 7.89. The zero-order valence-electron chi connectivity index (χ0n) is 18.5. The predicted molar refractivity (Wildman–Crippen MR) is 132 cm³/mol. The third kappa shape index (κ3) is 6.13. The number of phenolic OH excluding ortho intramolecular Hbond substituents is 1. The average molecular weight is 502 g/mol. The second kappa shape index (κ2) is 10.7. The van der Waals surface area contributed by atoms with E-state index in [4.69, 9.17) is 11.6 Å². The number of anilines is 2. The Morgan fingerprint density at radius 2 is 1.62 bits per heavy atom. The molecule has 8 nitrogen and oxygen atoms in total. The molecule has 1 unspecified atom stereocenters. The zero-order chi connectivity index (χ0) is 24.9. The van der Waals surface area contributed by atoms with Crippen molar-refractivity contribution in [3.05, 3.63) is 82.9 Å². The number of halogens is 1. The van der Waals surface area contributed by atoms with Gasteiger partial charge in [-0.15, -0.1) is 0 Å². The first kappa shape index (κ1) is 25.2. The van der Waals surface area contributed by atoms with Crippen LogP contribution in [0.2, 0.25) is 5.02 Å². The maximum absolute atomic E-state index is 12.7. The molecule has 0 heterocycles. The molecule has 34 heavy (non-hydrogen) atoms. The number of hydrogen-bond donors (Lipinski definition) is 4. The number of sulfonamides is 1. The molecule has 0 aliphatic carbocycles. The summed E-state index contributed by atoms with van der Waals surface area (Å²) in [5.74, 6) is -1.41. The lowest BCUT2D eigenvalue weighted by Crippen LogP contribution is -2.43. The van der Waals surface area contributed by atoms with Crippen LogP contribution in [-0.2, 0) is 14.8 Å². The minimum absolute atomic E-state index is 0.0330. The van der Waals surface area contributed by atoms with Gasteiger partial charge < -0.3 is 15.7 Å². The lowest BCUT2D eigenvalue weighted by molar-refractivity contribution is -0.117. The Morgan fingerprint density at radius 3 is 2.24 bits per heavy atom. The van der Waals surface area contributed by atoms with Crippen molar-refractivity contribution in [2.45, 2.75) is 31.2 Å². The number of amides is 2. The van der Waals surface area contributed by atoms with E-state index in [0.717, 1.165) is 5.56 Å². The molecule has 0 spiro atoms. The third-order valence-corrected chi connectivity index (χ3v) is 6.78. The SMILES string of the molecule is CCC(NS(=O)(=O)c1ccccc1)C(=O)Nc1cc(O)c(NC(=O)c2ccc(C)cc2)cc1Cl. The van der Waals surface area contributed by atoms with Crippen LogP contribution in [0.5, 0.6) is 5.75 Å². The van der Waals surface area contributed by atoms with Gasteiger partial charge in [-0.1, -0.05) is 54.4 Å². The van der Waals surface area contributed by atoms with E-state index in [1.165, 1.54) is 24.3 Å². The molecular formula is C24H24ClN3O5S. The van der Waals surface area contributed by atoms with Crippen LogP contribution < -0.4 is 15.4 Å². The maximum Gasteiger partial charge on any atom is 0.255 e. The molecule has 0 bridgehead atoms. The molecule has 0 aliphatic heterocycles. The van der Waals surface area contributed by atoms with Crippen molar-refractivity contribution in [2.75, 3.05) is 10.6 Å². The average Bonchev–Trinajstić information content (AvgIpc) is 2.81. The van der Waals surface area contributed by atoms with Gasteiger partial charge in [-0.05, 0) is 43.7 Å². The number of phenols is 1. The van der Waals surface area contributed by atoms with Gasteiger partial charge in [0, 0.05) is 11.6 Å². The fourth-order valence-corrected chi connectivity index (χ4v) is 4.56. The topological polar surface area (TPSA) is 125 Å². The number of hydrogen-bond acceptors (Lipinski definition) is 5. The van der Waals surface area contributed by atoms with Gasteiger partial charge in [-0.3, -0.25) is 9.59 Å². The number of nitrogens with one attached hydrogen (secondary N) is 3. The molecule has 0 fully saturated rings. The molecule has 0 saturated heterocycles. The number of rotatable bonds is 8. The van der Waals surface area contributed by atoms with Crippen LogP contribution in [0, 0.1) is 6.92 Å². The van der Waals surface area contributed by atoms with Crippen molar-refractivity contribution in [3.8, 4) is 5.75 Å². The Labute approximate surface area is 203 Å². The minimum atomic E-state index is -3.92. The van der Waals surface area contributed by atoms with Crippen LogP contribution in [0.15, 0.2) is 71.6 Å². The van der Waals surface area contributed by atoms with Crippen LogP contribution in [0.4, 0.5) is 11.4 Å². The van der Waals surface area contributed by atoms with Crippen molar-refractivity contribution in [1.82, 2.24) is 4.72 Å². The molecule has 0 aromatic heterocycles. The van der Waals surface area contributed by atoms with Crippen molar-refractivity contribution in [2.24, 2.45) is 0 Å². The highest BCUT2D eigenvalue weighted by Crippen LogP contribution is 2.34. The Morgan fingerprint density at radius 1 is 0.971 bits per heavy atom. The fraction of sp³-hybridized carbons (Fsp3) is 0.167. The van der Waals surface area contributed by atoms with Crippen LogP contribution in [-0.4, -0.2) is 31.4 Å². The molecular weight excluding hydrogens is 478 g/mol. The van der Waals surface area contributed by atoms with E-state index >= 15 is 0 Å². The van der Waals surface area contributed by atoms with E-state index < -0.39 is 27.9 Å². The number of benzene rings is 3. The smallest absolute Gasteiger partial charge is 0.255 e. The quantitative estimate of drug-likeness (QED) is 0.342. The Kier molecular flexibility index (Phi) is 7.93. The standard InChI is InChI=1S/C24H24ClN3O5S/c1-3-19(28-34(32,33)17-7-5-4-6-8-17)24(31)26-20-14-22(29)21(13-18(20)25)27-23(30)16-11-9-15(2)10-12-16/h4-14,19,28-29H,3H2,1-2H3,(H,26,31)(H,27,30). The van der Waals surface area contributed by atoms with Crippen molar-refractivity contribution in [1.29, 1.82) is 0 Å². The lowest BCUT2D eigenvalue weighted by atomic mass is 10.1. The van der Waals surface area contributed by atoms with Gasteiger partial charge >= 0.3 is 0 Å². The number of carbonyl (C=O) groups excluding carboxylic acids is 2. The molecule has 0 saturated carbocycles. The normalized spacial score (nSPS) is 12.1. The van der Waals surface area contributed by atoms with Gasteiger partial charge in [-0.2, -0.15) is 4.72 Å².